The highest BCUT2D eigenvalue weighted by Gasteiger charge is 2.17. The number of benzene rings is 7. The molecular weight excluding hydrogens is 613 g/mol. The minimum Gasteiger partial charge on any atom is -0.456 e. The van der Waals surface area contributed by atoms with Gasteiger partial charge in [0, 0.05) is 43.9 Å². The summed E-state index contributed by atoms with van der Waals surface area (Å²) in [7, 11) is 0. The maximum absolute atomic E-state index is 6.45. The first-order chi connectivity index (χ1) is 24.8. The number of para-hydroxylation sites is 2. The number of fused-ring (bicyclic) bond motifs is 6. The SMILES string of the molecule is c1ccc(-c2nc(-c3ccccc3)nc(-c3ccc4c(c3)oc3ccc(-c5ccc6c7ccccc7n(-c7ccccc7)c6c5)cc34)n2)cc1. The van der Waals surface area contributed by atoms with Crippen LogP contribution < -0.4 is 0 Å². The Labute approximate surface area is 287 Å². The van der Waals surface area contributed by atoms with Gasteiger partial charge in [-0.05, 0) is 59.7 Å². The van der Waals surface area contributed by atoms with E-state index in [4.69, 9.17) is 19.4 Å². The first-order valence-electron chi connectivity index (χ1n) is 16.7. The van der Waals surface area contributed by atoms with Gasteiger partial charge in [-0.3, -0.25) is 0 Å². The van der Waals surface area contributed by atoms with Gasteiger partial charge in [-0.25, -0.2) is 15.0 Å². The number of hydrogen-bond acceptors (Lipinski definition) is 4. The van der Waals surface area contributed by atoms with Gasteiger partial charge >= 0.3 is 0 Å². The zero-order valence-electron chi connectivity index (χ0n) is 26.9. The van der Waals surface area contributed by atoms with E-state index >= 15 is 0 Å². The molecule has 0 bridgehead atoms. The molecular formula is C45H28N4O. The van der Waals surface area contributed by atoms with Crippen LogP contribution in [-0.4, -0.2) is 19.5 Å². The molecule has 0 aliphatic carbocycles. The fourth-order valence-corrected chi connectivity index (χ4v) is 7.04. The molecule has 0 aliphatic heterocycles. The van der Waals surface area contributed by atoms with E-state index in [2.05, 4.69) is 108 Å². The molecule has 3 aromatic heterocycles. The van der Waals surface area contributed by atoms with Crippen molar-refractivity contribution in [2.45, 2.75) is 0 Å². The number of furan rings is 1. The lowest BCUT2D eigenvalue weighted by molar-refractivity contribution is 0.669. The van der Waals surface area contributed by atoms with Crippen molar-refractivity contribution in [3.63, 3.8) is 0 Å². The fraction of sp³-hybridized carbons (Fsp3) is 0. The number of rotatable bonds is 5. The second-order valence-electron chi connectivity index (χ2n) is 12.5. The Kier molecular flexibility index (Phi) is 6.42. The Morgan fingerprint density at radius 2 is 0.880 bits per heavy atom. The summed E-state index contributed by atoms with van der Waals surface area (Å²) in [6.07, 6.45) is 0. The summed E-state index contributed by atoms with van der Waals surface area (Å²) >= 11 is 0. The van der Waals surface area contributed by atoms with Crippen molar-refractivity contribution >= 4 is 43.7 Å². The predicted molar refractivity (Wildman–Crippen MR) is 203 cm³/mol. The third-order valence-corrected chi connectivity index (χ3v) is 9.45. The molecule has 0 atom stereocenters. The predicted octanol–water partition coefficient (Wildman–Crippen LogP) is 11.5. The van der Waals surface area contributed by atoms with Crippen LogP contribution >= 0.6 is 0 Å². The van der Waals surface area contributed by atoms with Gasteiger partial charge in [-0.15, -0.1) is 0 Å². The largest absolute Gasteiger partial charge is 0.456 e. The molecule has 234 valence electrons. The van der Waals surface area contributed by atoms with Crippen LogP contribution in [0.15, 0.2) is 174 Å². The highest BCUT2D eigenvalue weighted by molar-refractivity contribution is 6.11. The molecule has 0 radical (unpaired) electrons. The molecule has 0 fully saturated rings. The van der Waals surface area contributed by atoms with E-state index < -0.39 is 0 Å². The van der Waals surface area contributed by atoms with Crippen LogP contribution in [0, 0.1) is 0 Å². The van der Waals surface area contributed by atoms with E-state index in [0.717, 1.165) is 55.4 Å². The molecule has 10 rings (SSSR count). The minimum absolute atomic E-state index is 0.600. The first kappa shape index (κ1) is 28.2. The summed E-state index contributed by atoms with van der Waals surface area (Å²) in [4.78, 5) is 14.7. The van der Waals surface area contributed by atoms with Gasteiger partial charge in [0.2, 0.25) is 0 Å². The van der Waals surface area contributed by atoms with Crippen molar-refractivity contribution < 1.29 is 4.42 Å². The molecule has 5 heteroatoms. The van der Waals surface area contributed by atoms with Crippen molar-refractivity contribution in [1.29, 1.82) is 0 Å². The lowest BCUT2D eigenvalue weighted by atomic mass is 10.0. The standard InChI is InChI=1S/C45H28N4O/c1-4-12-29(13-5-1)43-46-44(30-14-6-2-7-15-30)48-45(47-43)33-21-24-37-38-26-31(22-25-41(38)50-42(37)28-33)32-20-23-36-35-18-10-11-19-39(35)49(40(36)27-32)34-16-8-3-9-17-34/h1-28H. The normalized spacial score (nSPS) is 11.6. The smallest absolute Gasteiger partial charge is 0.164 e. The van der Waals surface area contributed by atoms with Crippen molar-refractivity contribution in [3.8, 4) is 51.0 Å². The number of aromatic nitrogens is 4. The number of hydrogen-bond donors (Lipinski definition) is 0. The lowest BCUT2D eigenvalue weighted by Gasteiger charge is -2.09. The topological polar surface area (TPSA) is 56.7 Å². The van der Waals surface area contributed by atoms with Gasteiger partial charge in [0.15, 0.2) is 17.5 Å². The second kappa shape index (κ2) is 11.4. The zero-order valence-corrected chi connectivity index (χ0v) is 26.9. The Morgan fingerprint density at radius 1 is 0.340 bits per heavy atom. The van der Waals surface area contributed by atoms with Crippen LogP contribution in [0.3, 0.4) is 0 Å². The van der Waals surface area contributed by atoms with Gasteiger partial charge in [-0.2, -0.15) is 0 Å². The van der Waals surface area contributed by atoms with E-state index in [-0.39, 0.29) is 0 Å². The summed E-state index contributed by atoms with van der Waals surface area (Å²) < 4.78 is 8.80. The van der Waals surface area contributed by atoms with Crippen LogP contribution in [0.1, 0.15) is 0 Å². The molecule has 0 saturated heterocycles. The van der Waals surface area contributed by atoms with Gasteiger partial charge in [0.1, 0.15) is 11.2 Å². The van der Waals surface area contributed by atoms with E-state index in [1.54, 1.807) is 0 Å². The van der Waals surface area contributed by atoms with E-state index in [0.29, 0.717) is 17.5 Å². The summed E-state index contributed by atoms with van der Waals surface area (Å²) in [6, 6.07) is 58.7. The summed E-state index contributed by atoms with van der Waals surface area (Å²) in [5, 5.41) is 4.60. The van der Waals surface area contributed by atoms with Crippen LogP contribution in [0.5, 0.6) is 0 Å². The molecule has 0 spiro atoms. The maximum atomic E-state index is 6.45. The highest BCUT2D eigenvalue weighted by atomic mass is 16.3. The Bertz CT molecular complexity index is 2800. The second-order valence-corrected chi connectivity index (χ2v) is 12.5. The maximum Gasteiger partial charge on any atom is 0.164 e. The third kappa shape index (κ3) is 4.67. The Hall–Kier alpha value is -6.85. The molecule has 10 aromatic rings. The van der Waals surface area contributed by atoms with E-state index in [9.17, 15) is 0 Å². The lowest BCUT2D eigenvalue weighted by Crippen LogP contribution is -2.00. The summed E-state index contributed by atoms with van der Waals surface area (Å²) in [5.41, 5.74) is 10.2. The Balaban J connectivity index is 1.09. The van der Waals surface area contributed by atoms with Gasteiger partial charge in [-0.1, -0.05) is 121 Å². The quantitative estimate of drug-likeness (QED) is 0.188. The average Bonchev–Trinajstić information content (AvgIpc) is 3.73. The molecule has 0 saturated carbocycles. The van der Waals surface area contributed by atoms with E-state index in [1.807, 2.05) is 66.7 Å². The first-order valence-corrected chi connectivity index (χ1v) is 16.7. The average molecular weight is 641 g/mol. The summed E-state index contributed by atoms with van der Waals surface area (Å²) in [5.74, 6) is 1.86. The molecule has 50 heavy (non-hydrogen) atoms. The van der Waals surface area contributed by atoms with Crippen LogP contribution in [0.25, 0.3) is 94.7 Å². The monoisotopic (exact) mass is 640 g/mol. The molecule has 0 N–H and O–H groups in total. The Morgan fingerprint density at radius 3 is 1.60 bits per heavy atom. The highest BCUT2D eigenvalue weighted by Crippen LogP contribution is 2.38. The summed E-state index contributed by atoms with van der Waals surface area (Å²) in [6.45, 7) is 0. The van der Waals surface area contributed by atoms with Gasteiger partial charge in [0.05, 0.1) is 11.0 Å². The van der Waals surface area contributed by atoms with Gasteiger partial charge in [0.25, 0.3) is 0 Å². The van der Waals surface area contributed by atoms with E-state index in [1.165, 1.54) is 21.8 Å². The van der Waals surface area contributed by atoms with Crippen molar-refractivity contribution in [2.75, 3.05) is 0 Å². The molecule has 0 amide bonds. The molecule has 3 heterocycles. The van der Waals surface area contributed by atoms with Gasteiger partial charge < -0.3 is 8.98 Å². The van der Waals surface area contributed by atoms with Crippen molar-refractivity contribution in [1.82, 2.24) is 19.5 Å². The fourth-order valence-electron chi connectivity index (χ4n) is 7.04. The molecule has 0 unspecified atom stereocenters. The van der Waals surface area contributed by atoms with Crippen LogP contribution in [-0.2, 0) is 0 Å². The molecule has 7 aromatic carbocycles. The third-order valence-electron chi connectivity index (χ3n) is 9.45. The van der Waals surface area contributed by atoms with Crippen LogP contribution in [0.4, 0.5) is 0 Å². The number of nitrogens with zero attached hydrogens (tertiary/aromatic N) is 4. The van der Waals surface area contributed by atoms with Crippen molar-refractivity contribution in [3.05, 3.63) is 170 Å². The molecule has 0 aliphatic rings. The van der Waals surface area contributed by atoms with Crippen LogP contribution in [0.2, 0.25) is 0 Å². The zero-order chi connectivity index (χ0) is 33.0. The molecule has 5 nitrogen and oxygen atoms in total. The minimum atomic E-state index is 0.600. The van der Waals surface area contributed by atoms with Crippen molar-refractivity contribution in [2.24, 2.45) is 0 Å².